The fraction of sp³-hybridized carbons (Fsp3) is 0.222. The minimum Gasteiger partial charge on any atom is -0.457 e. The standard InChI is InChI=1S/C18H18N2O5/c1-3-17(21)19-16-10-14(8-7-12(16)2)18(22)25-11-13-5-4-6-15(9-13)20(23)24/h4-10H,3,11H2,1-2H3,(H,19,21). The first kappa shape index (κ1) is 18.1. The lowest BCUT2D eigenvalue weighted by molar-refractivity contribution is -0.384. The Labute approximate surface area is 144 Å². The summed E-state index contributed by atoms with van der Waals surface area (Å²) in [5.41, 5.74) is 2.14. The highest BCUT2D eigenvalue weighted by Crippen LogP contribution is 2.19. The summed E-state index contributed by atoms with van der Waals surface area (Å²) in [5.74, 6) is -0.719. The van der Waals surface area contributed by atoms with Gasteiger partial charge in [0.2, 0.25) is 5.91 Å². The maximum atomic E-state index is 12.2. The monoisotopic (exact) mass is 342 g/mol. The number of esters is 1. The third-order valence-electron chi connectivity index (χ3n) is 3.56. The number of hydrogen-bond donors (Lipinski definition) is 1. The number of nitro benzene ring substituents is 1. The highest BCUT2D eigenvalue weighted by molar-refractivity contribution is 5.95. The van der Waals surface area contributed by atoms with Gasteiger partial charge in [-0.3, -0.25) is 14.9 Å². The van der Waals surface area contributed by atoms with Gasteiger partial charge in [-0.05, 0) is 30.2 Å². The van der Waals surface area contributed by atoms with E-state index in [1.54, 1.807) is 31.2 Å². The van der Waals surface area contributed by atoms with E-state index in [0.29, 0.717) is 23.2 Å². The highest BCUT2D eigenvalue weighted by Gasteiger charge is 2.12. The van der Waals surface area contributed by atoms with Gasteiger partial charge in [-0.2, -0.15) is 0 Å². The number of carbonyl (C=O) groups excluding carboxylic acids is 2. The molecule has 1 N–H and O–H groups in total. The lowest BCUT2D eigenvalue weighted by Crippen LogP contribution is -2.12. The average molecular weight is 342 g/mol. The van der Waals surface area contributed by atoms with Crippen LogP contribution < -0.4 is 5.32 Å². The summed E-state index contributed by atoms with van der Waals surface area (Å²) in [4.78, 5) is 34.0. The van der Waals surface area contributed by atoms with E-state index < -0.39 is 10.9 Å². The number of non-ortho nitro benzene ring substituents is 1. The summed E-state index contributed by atoms with van der Waals surface area (Å²) in [5, 5.41) is 13.5. The van der Waals surface area contributed by atoms with Crippen LogP contribution in [0.1, 0.15) is 34.8 Å². The van der Waals surface area contributed by atoms with E-state index in [1.807, 2.05) is 6.92 Å². The van der Waals surface area contributed by atoms with Crippen molar-refractivity contribution in [2.75, 3.05) is 5.32 Å². The smallest absolute Gasteiger partial charge is 0.338 e. The fourth-order valence-corrected chi connectivity index (χ4v) is 2.11. The van der Waals surface area contributed by atoms with Gasteiger partial charge in [0.05, 0.1) is 10.5 Å². The molecule has 2 rings (SSSR count). The highest BCUT2D eigenvalue weighted by atomic mass is 16.6. The van der Waals surface area contributed by atoms with Crippen molar-refractivity contribution in [2.45, 2.75) is 26.9 Å². The fourth-order valence-electron chi connectivity index (χ4n) is 2.11. The number of aryl methyl sites for hydroxylation is 1. The molecule has 1 amide bonds. The maximum Gasteiger partial charge on any atom is 0.338 e. The quantitative estimate of drug-likeness (QED) is 0.491. The Morgan fingerprint density at radius 1 is 1.20 bits per heavy atom. The first-order chi connectivity index (χ1) is 11.9. The molecule has 130 valence electrons. The molecule has 0 atom stereocenters. The summed E-state index contributed by atoms with van der Waals surface area (Å²) in [6.07, 6.45) is 0.334. The van der Waals surface area contributed by atoms with Gasteiger partial charge in [-0.25, -0.2) is 4.79 Å². The maximum absolute atomic E-state index is 12.2. The second-order valence-electron chi connectivity index (χ2n) is 5.43. The number of hydrogen-bond acceptors (Lipinski definition) is 5. The summed E-state index contributed by atoms with van der Waals surface area (Å²) in [6.45, 7) is 3.48. The van der Waals surface area contributed by atoms with Crippen LogP contribution in [0.15, 0.2) is 42.5 Å². The van der Waals surface area contributed by atoms with Crippen LogP contribution in [-0.2, 0) is 16.1 Å². The van der Waals surface area contributed by atoms with E-state index in [4.69, 9.17) is 4.74 Å². The number of nitrogens with zero attached hydrogens (tertiary/aromatic N) is 1. The first-order valence-corrected chi connectivity index (χ1v) is 7.71. The van der Waals surface area contributed by atoms with Crippen molar-refractivity contribution in [1.29, 1.82) is 0 Å². The molecule has 0 aliphatic rings. The van der Waals surface area contributed by atoms with Gasteiger partial charge in [0.1, 0.15) is 6.61 Å². The normalized spacial score (nSPS) is 10.2. The molecule has 0 saturated carbocycles. The van der Waals surface area contributed by atoms with Gasteiger partial charge in [0, 0.05) is 24.2 Å². The Morgan fingerprint density at radius 3 is 2.64 bits per heavy atom. The van der Waals surface area contributed by atoms with Gasteiger partial charge in [-0.1, -0.05) is 25.1 Å². The van der Waals surface area contributed by atoms with E-state index in [2.05, 4.69) is 5.32 Å². The zero-order valence-corrected chi connectivity index (χ0v) is 13.9. The topological polar surface area (TPSA) is 98.5 Å². The Bertz CT molecular complexity index is 817. The molecule has 0 saturated heterocycles. The number of ether oxygens (including phenoxy) is 1. The molecule has 0 aromatic heterocycles. The van der Waals surface area contributed by atoms with E-state index in [0.717, 1.165) is 5.56 Å². The third kappa shape index (κ3) is 4.87. The molecule has 2 aromatic rings. The van der Waals surface area contributed by atoms with Crippen molar-refractivity contribution in [1.82, 2.24) is 0 Å². The van der Waals surface area contributed by atoms with E-state index in [1.165, 1.54) is 18.2 Å². The Kier molecular flexibility index (Phi) is 5.84. The molecule has 0 bridgehead atoms. The number of amides is 1. The minimum atomic E-state index is -0.571. The molecule has 7 heteroatoms. The van der Waals surface area contributed by atoms with Crippen molar-refractivity contribution >= 4 is 23.3 Å². The lowest BCUT2D eigenvalue weighted by atomic mass is 10.1. The van der Waals surface area contributed by atoms with Crippen LogP contribution in [0, 0.1) is 17.0 Å². The number of anilines is 1. The molecular weight excluding hydrogens is 324 g/mol. The summed E-state index contributed by atoms with van der Waals surface area (Å²) in [6, 6.07) is 10.8. The third-order valence-corrected chi connectivity index (χ3v) is 3.56. The van der Waals surface area contributed by atoms with Crippen molar-refractivity contribution in [3.8, 4) is 0 Å². The van der Waals surface area contributed by atoms with Crippen LogP contribution in [-0.4, -0.2) is 16.8 Å². The molecule has 0 spiro atoms. The SMILES string of the molecule is CCC(=O)Nc1cc(C(=O)OCc2cccc([N+](=O)[O-])c2)ccc1C. The predicted molar refractivity (Wildman–Crippen MR) is 92.3 cm³/mol. The van der Waals surface area contributed by atoms with Crippen molar-refractivity contribution in [2.24, 2.45) is 0 Å². The van der Waals surface area contributed by atoms with Crippen LogP contribution in [0.3, 0.4) is 0 Å². The second-order valence-corrected chi connectivity index (χ2v) is 5.43. The average Bonchev–Trinajstić information content (AvgIpc) is 2.61. The van der Waals surface area contributed by atoms with Crippen LogP contribution in [0.4, 0.5) is 11.4 Å². The second kappa shape index (κ2) is 8.05. The van der Waals surface area contributed by atoms with E-state index in [9.17, 15) is 19.7 Å². The lowest BCUT2D eigenvalue weighted by Gasteiger charge is -2.10. The van der Waals surface area contributed by atoms with Crippen LogP contribution in [0.5, 0.6) is 0 Å². The Hall–Kier alpha value is -3.22. The molecule has 0 aliphatic heterocycles. The summed E-state index contributed by atoms with van der Waals surface area (Å²) in [7, 11) is 0. The molecule has 0 unspecified atom stereocenters. The molecule has 0 heterocycles. The molecule has 0 aliphatic carbocycles. The molecule has 7 nitrogen and oxygen atoms in total. The predicted octanol–water partition coefficient (Wildman–Crippen LogP) is 3.61. The number of rotatable bonds is 6. The molecule has 0 radical (unpaired) electrons. The van der Waals surface area contributed by atoms with Crippen molar-refractivity contribution in [3.05, 3.63) is 69.3 Å². The largest absolute Gasteiger partial charge is 0.457 e. The molecule has 25 heavy (non-hydrogen) atoms. The zero-order chi connectivity index (χ0) is 18.4. The summed E-state index contributed by atoms with van der Waals surface area (Å²) < 4.78 is 5.20. The number of carbonyl (C=O) groups is 2. The van der Waals surface area contributed by atoms with Gasteiger partial charge >= 0.3 is 5.97 Å². The number of nitro groups is 1. The first-order valence-electron chi connectivity index (χ1n) is 7.71. The van der Waals surface area contributed by atoms with Crippen molar-refractivity contribution < 1.29 is 19.2 Å². The minimum absolute atomic E-state index is 0.0616. The zero-order valence-electron chi connectivity index (χ0n) is 13.9. The Balaban J connectivity index is 2.08. The van der Waals surface area contributed by atoms with Crippen LogP contribution in [0.25, 0.3) is 0 Å². The molecule has 0 fully saturated rings. The van der Waals surface area contributed by atoms with Crippen LogP contribution >= 0.6 is 0 Å². The van der Waals surface area contributed by atoms with Crippen LogP contribution in [0.2, 0.25) is 0 Å². The Morgan fingerprint density at radius 2 is 1.96 bits per heavy atom. The summed E-state index contributed by atoms with van der Waals surface area (Å²) >= 11 is 0. The van der Waals surface area contributed by atoms with Crippen molar-refractivity contribution in [3.63, 3.8) is 0 Å². The van der Waals surface area contributed by atoms with Gasteiger partial charge < -0.3 is 10.1 Å². The van der Waals surface area contributed by atoms with E-state index in [-0.39, 0.29) is 18.2 Å². The number of nitrogens with one attached hydrogen (secondary N) is 1. The van der Waals surface area contributed by atoms with Gasteiger partial charge in [-0.15, -0.1) is 0 Å². The number of benzene rings is 2. The van der Waals surface area contributed by atoms with Gasteiger partial charge in [0.15, 0.2) is 0 Å². The van der Waals surface area contributed by atoms with E-state index >= 15 is 0 Å². The molecule has 2 aromatic carbocycles. The van der Waals surface area contributed by atoms with Gasteiger partial charge in [0.25, 0.3) is 5.69 Å². The molecular formula is C18H18N2O5.